The quantitative estimate of drug-likeness (QED) is 0.906. The van der Waals surface area contributed by atoms with Gasteiger partial charge in [0.1, 0.15) is 0 Å². The minimum atomic E-state index is 0.107. The maximum Gasteiger partial charge on any atom is 0.231 e. The van der Waals surface area contributed by atoms with Gasteiger partial charge >= 0.3 is 0 Å². The fraction of sp³-hybridized carbons (Fsp3) is 0.692. The fourth-order valence-electron chi connectivity index (χ4n) is 2.23. The van der Waals surface area contributed by atoms with Gasteiger partial charge in [0.2, 0.25) is 23.1 Å². The summed E-state index contributed by atoms with van der Waals surface area (Å²) in [4.78, 5) is 28.0. The standard InChI is InChI=1S/C13H21ClN6O/c1-3-5-15-12-16-11(14)17-13(18-12)20-7-4-6-19(8-9-20)10(2)21/h3-9H2,1-2H3,(H,15,16,17,18). The van der Waals surface area contributed by atoms with Crippen molar-refractivity contribution in [3.05, 3.63) is 5.28 Å². The molecule has 0 unspecified atom stereocenters. The molecule has 0 saturated carbocycles. The van der Waals surface area contributed by atoms with Crippen molar-refractivity contribution < 1.29 is 4.79 Å². The summed E-state index contributed by atoms with van der Waals surface area (Å²) >= 11 is 5.97. The normalized spacial score (nSPS) is 15.8. The Balaban J connectivity index is 2.10. The van der Waals surface area contributed by atoms with Gasteiger partial charge < -0.3 is 15.1 Å². The van der Waals surface area contributed by atoms with Gasteiger partial charge in [-0.05, 0) is 24.4 Å². The van der Waals surface area contributed by atoms with E-state index in [2.05, 4.69) is 27.2 Å². The van der Waals surface area contributed by atoms with E-state index in [0.29, 0.717) is 25.0 Å². The van der Waals surface area contributed by atoms with E-state index in [0.717, 1.165) is 32.5 Å². The average molecular weight is 313 g/mol. The lowest BCUT2D eigenvalue weighted by Crippen LogP contribution is -2.34. The smallest absolute Gasteiger partial charge is 0.231 e. The summed E-state index contributed by atoms with van der Waals surface area (Å²) in [5, 5.41) is 3.31. The first-order chi connectivity index (χ1) is 10.1. The first-order valence-corrected chi connectivity index (χ1v) is 7.64. The molecule has 0 radical (unpaired) electrons. The lowest BCUT2D eigenvalue weighted by molar-refractivity contribution is -0.128. The Kier molecular flexibility index (Phi) is 5.55. The summed E-state index contributed by atoms with van der Waals surface area (Å²) in [5.41, 5.74) is 0. The molecule has 1 aromatic heterocycles. The van der Waals surface area contributed by atoms with Crippen molar-refractivity contribution in [2.24, 2.45) is 0 Å². The van der Waals surface area contributed by atoms with E-state index in [1.54, 1.807) is 6.92 Å². The Labute approximate surface area is 129 Å². The van der Waals surface area contributed by atoms with Crippen LogP contribution >= 0.6 is 11.6 Å². The molecule has 0 aromatic carbocycles. The van der Waals surface area contributed by atoms with Crippen molar-refractivity contribution in [3.8, 4) is 0 Å². The van der Waals surface area contributed by atoms with Crippen LogP contribution in [0.4, 0.5) is 11.9 Å². The van der Waals surface area contributed by atoms with Crippen molar-refractivity contribution in [1.29, 1.82) is 0 Å². The van der Waals surface area contributed by atoms with Crippen LogP contribution in [0.3, 0.4) is 0 Å². The molecule has 1 aliphatic rings. The third-order valence-corrected chi connectivity index (χ3v) is 3.52. The van der Waals surface area contributed by atoms with Gasteiger partial charge in [-0.3, -0.25) is 4.79 Å². The van der Waals surface area contributed by atoms with Crippen LogP contribution in [-0.2, 0) is 4.79 Å². The molecule has 1 saturated heterocycles. The van der Waals surface area contributed by atoms with E-state index in [1.807, 2.05) is 9.80 Å². The molecule has 21 heavy (non-hydrogen) atoms. The molecule has 1 aromatic rings. The second-order valence-electron chi connectivity index (χ2n) is 5.00. The van der Waals surface area contributed by atoms with Crippen molar-refractivity contribution in [1.82, 2.24) is 19.9 Å². The number of aromatic nitrogens is 3. The van der Waals surface area contributed by atoms with Gasteiger partial charge in [-0.1, -0.05) is 6.92 Å². The highest BCUT2D eigenvalue weighted by Gasteiger charge is 2.19. The maximum atomic E-state index is 11.5. The second kappa shape index (κ2) is 7.40. The zero-order valence-corrected chi connectivity index (χ0v) is 13.2. The Morgan fingerprint density at radius 2 is 2.05 bits per heavy atom. The lowest BCUT2D eigenvalue weighted by atomic mass is 10.4. The topological polar surface area (TPSA) is 74.2 Å². The van der Waals surface area contributed by atoms with Gasteiger partial charge in [0.15, 0.2) is 0 Å². The molecular formula is C13H21ClN6O. The number of nitrogens with one attached hydrogen (secondary N) is 1. The molecular weight excluding hydrogens is 292 g/mol. The third-order valence-electron chi connectivity index (χ3n) is 3.35. The van der Waals surface area contributed by atoms with E-state index < -0.39 is 0 Å². The number of carbonyl (C=O) groups is 1. The van der Waals surface area contributed by atoms with Crippen molar-refractivity contribution in [2.45, 2.75) is 26.7 Å². The molecule has 0 aliphatic carbocycles. The summed E-state index contributed by atoms with van der Waals surface area (Å²) in [7, 11) is 0. The summed E-state index contributed by atoms with van der Waals surface area (Å²) in [6.07, 6.45) is 1.87. The van der Waals surface area contributed by atoms with Gasteiger partial charge in [0.25, 0.3) is 0 Å². The van der Waals surface area contributed by atoms with Gasteiger partial charge in [0, 0.05) is 39.6 Å². The average Bonchev–Trinajstić information content (AvgIpc) is 2.70. The number of carbonyl (C=O) groups excluding carboxylic acids is 1. The van der Waals surface area contributed by atoms with E-state index in [4.69, 9.17) is 11.6 Å². The van der Waals surface area contributed by atoms with Crippen molar-refractivity contribution >= 4 is 29.4 Å². The Bertz CT molecular complexity index is 498. The van der Waals surface area contributed by atoms with Gasteiger partial charge in [-0.2, -0.15) is 15.0 Å². The summed E-state index contributed by atoms with van der Waals surface area (Å²) < 4.78 is 0. The number of halogens is 1. The molecule has 0 bridgehead atoms. The number of hydrogen-bond acceptors (Lipinski definition) is 6. The summed E-state index contributed by atoms with van der Waals surface area (Å²) in [6.45, 7) is 7.41. The van der Waals surface area contributed by atoms with Crippen LogP contribution in [0.1, 0.15) is 26.7 Å². The number of hydrogen-bond donors (Lipinski definition) is 1. The Morgan fingerprint density at radius 1 is 1.24 bits per heavy atom. The number of rotatable bonds is 4. The van der Waals surface area contributed by atoms with Gasteiger partial charge in [-0.15, -0.1) is 0 Å². The predicted octanol–water partition coefficient (Wildman–Crippen LogP) is 1.41. The lowest BCUT2D eigenvalue weighted by Gasteiger charge is -2.21. The first-order valence-electron chi connectivity index (χ1n) is 7.26. The van der Waals surface area contributed by atoms with Crippen LogP contribution in [-0.4, -0.2) is 58.5 Å². The highest BCUT2D eigenvalue weighted by Crippen LogP contribution is 2.16. The first kappa shape index (κ1) is 15.8. The monoisotopic (exact) mass is 312 g/mol. The number of amides is 1. The SMILES string of the molecule is CCCNc1nc(Cl)nc(N2CCCN(C(C)=O)CC2)n1. The van der Waals surface area contributed by atoms with Crippen LogP contribution in [0.15, 0.2) is 0 Å². The van der Waals surface area contributed by atoms with Crippen LogP contribution in [0.2, 0.25) is 5.28 Å². The zero-order chi connectivity index (χ0) is 15.2. The summed E-state index contributed by atoms with van der Waals surface area (Å²) in [5.74, 6) is 1.18. The molecule has 1 amide bonds. The van der Waals surface area contributed by atoms with Crippen LogP contribution in [0, 0.1) is 0 Å². The molecule has 1 fully saturated rings. The molecule has 7 nitrogen and oxygen atoms in total. The van der Waals surface area contributed by atoms with Crippen molar-refractivity contribution in [2.75, 3.05) is 42.9 Å². The highest BCUT2D eigenvalue weighted by atomic mass is 35.5. The molecule has 0 atom stereocenters. The zero-order valence-electron chi connectivity index (χ0n) is 12.5. The fourth-order valence-corrected chi connectivity index (χ4v) is 2.38. The molecule has 8 heteroatoms. The van der Waals surface area contributed by atoms with Crippen LogP contribution in [0.25, 0.3) is 0 Å². The van der Waals surface area contributed by atoms with Crippen LogP contribution in [0.5, 0.6) is 0 Å². The minimum absolute atomic E-state index is 0.107. The predicted molar refractivity (Wildman–Crippen MR) is 82.7 cm³/mol. The molecule has 0 spiro atoms. The maximum absolute atomic E-state index is 11.5. The largest absolute Gasteiger partial charge is 0.354 e. The molecule has 1 aliphatic heterocycles. The molecule has 2 rings (SSSR count). The Morgan fingerprint density at radius 3 is 2.76 bits per heavy atom. The van der Waals surface area contributed by atoms with E-state index in [-0.39, 0.29) is 11.2 Å². The molecule has 1 N–H and O–H groups in total. The van der Waals surface area contributed by atoms with Gasteiger partial charge in [-0.25, -0.2) is 0 Å². The number of anilines is 2. The third kappa shape index (κ3) is 4.42. The second-order valence-corrected chi connectivity index (χ2v) is 5.34. The summed E-state index contributed by atoms with van der Waals surface area (Å²) in [6, 6.07) is 0. The molecule has 2 heterocycles. The van der Waals surface area contributed by atoms with Crippen LogP contribution < -0.4 is 10.2 Å². The van der Waals surface area contributed by atoms with Gasteiger partial charge in [0.05, 0.1) is 0 Å². The molecule has 116 valence electrons. The minimum Gasteiger partial charge on any atom is -0.354 e. The van der Waals surface area contributed by atoms with Crippen molar-refractivity contribution in [3.63, 3.8) is 0 Å². The number of nitrogens with zero attached hydrogens (tertiary/aromatic N) is 5. The van der Waals surface area contributed by atoms with E-state index >= 15 is 0 Å². The highest BCUT2D eigenvalue weighted by molar-refractivity contribution is 6.28. The van der Waals surface area contributed by atoms with E-state index in [9.17, 15) is 4.79 Å². The Hall–Kier alpha value is -1.63. The van der Waals surface area contributed by atoms with E-state index in [1.165, 1.54) is 0 Å².